The van der Waals surface area contributed by atoms with Gasteiger partial charge in [0.05, 0.1) is 13.7 Å². The van der Waals surface area contributed by atoms with Gasteiger partial charge in [-0.05, 0) is 25.5 Å². The van der Waals surface area contributed by atoms with Crippen LogP contribution in [-0.4, -0.2) is 61.5 Å². The summed E-state index contributed by atoms with van der Waals surface area (Å²) >= 11 is 0. The van der Waals surface area contributed by atoms with E-state index in [4.69, 9.17) is 0 Å². The van der Waals surface area contributed by atoms with Gasteiger partial charge in [0.2, 0.25) is 0 Å². The van der Waals surface area contributed by atoms with E-state index >= 15 is 0 Å². The molecule has 1 aliphatic heterocycles. The molecule has 0 saturated carbocycles. The molecule has 0 radical (unpaired) electrons. The van der Waals surface area contributed by atoms with Gasteiger partial charge in [-0.2, -0.15) is 0 Å². The largest absolute Gasteiger partial charge is 0.468 e. The maximum absolute atomic E-state index is 12.5. The predicted molar refractivity (Wildman–Crippen MR) is 80.2 cm³/mol. The Bertz CT molecular complexity index is 516. The Hall–Kier alpha value is -1.88. The molecule has 1 saturated heterocycles. The highest BCUT2D eigenvalue weighted by atomic mass is 16.5. The molecule has 1 aliphatic rings. The molecule has 5 heteroatoms. The minimum absolute atomic E-state index is 0.0682. The van der Waals surface area contributed by atoms with Crippen LogP contribution in [0.25, 0.3) is 0 Å². The zero-order valence-corrected chi connectivity index (χ0v) is 12.7. The predicted octanol–water partition coefficient (Wildman–Crippen LogP) is 1.32. The summed E-state index contributed by atoms with van der Waals surface area (Å²) in [6, 6.07) is 7.66. The Morgan fingerprint density at radius 3 is 2.71 bits per heavy atom. The van der Waals surface area contributed by atoms with Crippen molar-refractivity contribution in [2.24, 2.45) is 0 Å². The van der Waals surface area contributed by atoms with Gasteiger partial charge in [0.25, 0.3) is 5.91 Å². The highest BCUT2D eigenvalue weighted by Gasteiger charge is 2.21. The number of carbonyl (C=O) groups is 2. The number of aryl methyl sites for hydroxylation is 1. The second-order valence-electron chi connectivity index (χ2n) is 5.37. The summed E-state index contributed by atoms with van der Waals surface area (Å²) < 4.78 is 4.69. The summed E-state index contributed by atoms with van der Waals surface area (Å²) in [6.45, 7) is 5.16. The first-order valence-corrected chi connectivity index (χ1v) is 7.25. The molecule has 21 heavy (non-hydrogen) atoms. The third-order valence-corrected chi connectivity index (χ3v) is 3.72. The number of ether oxygens (including phenoxy) is 1. The molecule has 0 unspecified atom stereocenters. The lowest BCUT2D eigenvalue weighted by Gasteiger charge is -2.21. The highest BCUT2D eigenvalue weighted by Crippen LogP contribution is 2.11. The molecule has 0 aliphatic carbocycles. The Balaban J connectivity index is 1.96. The lowest BCUT2D eigenvalue weighted by atomic mass is 10.1. The molecule has 0 aromatic heterocycles. The zero-order chi connectivity index (χ0) is 15.2. The van der Waals surface area contributed by atoms with Crippen molar-refractivity contribution in [3.05, 3.63) is 35.4 Å². The summed E-state index contributed by atoms with van der Waals surface area (Å²) in [5.41, 5.74) is 1.82. The number of rotatable bonds is 3. The quantitative estimate of drug-likeness (QED) is 0.788. The topological polar surface area (TPSA) is 49.9 Å². The van der Waals surface area contributed by atoms with Gasteiger partial charge in [-0.25, -0.2) is 0 Å². The van der Waals surface area contributed by atoms with E-state index in [0.717, 1.165) is 30.6 Å². The van der Waals surface area contributed by atoms with Crippen LogP contribution in [0.2, 0.25) is 0 Å². The standard InChI is InChI=1S/C16H22N2O3/c1-13-5-3-6-14(11-13)16(20)18-8-4-7-17(9-10-18)12-15(19)21-2/h3,5-6,11H,4,7-10,12H2,1-2H3. The van der Waals surface area contributed by atoms with Crippen LogP contribution in [0.3, 0.4) is 0 Å². The number of nitrogens with zero attached hydrogens (tertiary/aromatic N) is 2. The smallest absolute Gasteiger partial charge is 0.319 e. The molecule has 114 valence electrons. The van der Waals surface area contributed by atoms with Gasteiger partial charge < -0.3 is 9.64 Å². The van der Waals surface area contributed by atoms with Gasteiger partial charge >= 0.3 is 5.97 Å². The van der Waals surface area contributed by atoms with Crippen molar-refractivity contribution in [2.75, 3.05) is 39.8 Å². The normalized spacial score (nSPS) is 16.4. The van der Waals surface area contributed by atoms with E-state index in [-0.39, 0.29) is 11.9 Å². The lowest BCUT2D eigenvalue weighted by Crippen LogP contribution is -2.37. The van der Waals surface area contributed by atoms with Gasteiger partial charge in [0, 0.05) is 31.7 Å². The SMILES string of the molecule is COC(=O)CN1CCCN(C(=O)c2cccc(C)c2)CC1. The minimum Gasteiger partial charge on any atom is -0.468 e. The number of methoxy groups -OCH3 is 1. The Morgan fingerprint density at radius 2 is 2.00 bits per heavy atom. The molecule has 1 heterocycles. The van der Waals surface area contributed by atoms with E-state index in [1.807, 2.05) is 41.0 Å². The van der Waals surface area contributed by atoms with Crippen LogP contribution in [0.1, 0.15) is 22.3 Å². The molecule has 0 N–H and O–H groups in total. The summed E-state index contributed by atoms with van der Waals surface area (Å²) in [5.74, 6) is -0.160. The maximum atomic E-state index is 12.5. The number of benzene rings is 1. The summed E-state index contributed by atoms with van der Waals surface area (Å²) in [5, 5.41) is 0. The van der Waals surface area contributed by atoms with Crippen molar-refractivity contribution < 1.29 is 14.3 Å². The van der Waals surface area contributed by atoms with Crippen molar-refractivity contribution in [3.63, 3.8) is 0 Å². The van der Waals surface area contributed by atoms with E-state index < -0.39 is 0 Å². The van der Waals surface area contributed by atoms with Crippen molar-refractivity contribution in [1.82, 2.24) is 9.80 Å². The Morgan fingerprint density at radius 1 is 1.19 bits per heavy atom. The number of hydrogen-bond acceptors (Lipinski definition) is 4. The van der Waals surface area contributed by atoms with Crippen molar-refractivity contribution in [1.29, 1.82) is 0 Å². The fourth-order valence-electron chi connectivity index (χ4n) is 2.54. The van der Waals surface area contributed by atoms with Crippen LogP contribution in [0.4, 0.5) is 0 Å². The van der Waals surface area contributed by atoms with E-state index in [9.17, 15) is 9.59 Å². The average molecular weight is 290 g/mol. The van der Waals surface area contributed by atoms with E-state index in [2.05, 4.69) is 4.74 Å². The first-order chi connectivity index (χ1) is 10.1. The van der Waals surface area contributed by atoms with Crippen LogP contribution < -0.4 is 0 Å². The van der Waals surface area contributed by atoms with Crippen LogP contribution in [-0.2, 0) is 9.53 Å². The number of carbonyl (C=O) groups excluding carboxylic acids is 2. The first-order valence-electron chi connectivity index (χ1n) is 7.25. The molecular formula is C16H22N2O3. The van der Waals surface area contributed by atoms with Crippen LogP contribution in [0, 0.1) is 6.92 Å². The van der Waals surface area contributed by atoms with Gasteiger partial charge in [-0.1, -0.05) is 17.7 Å². The van der Waals surface area contributed by atoms with Crippen molar-refractivity contribution in [3.8, 4) is 0 Å². The number of hydrogen-bond donors (Lipinski definition) is 0. The third-order valence-electron chi connectivity index (χ3n) is 3.72. The highest BCUT2D eigenvalue weighted by molar-refractivity contribution is 5.94. The minimum atomic E-state index is -0.228. The molecule has 5 nitrogen and oxygen atoms in total. The molecule has 2 rings (SSSR count). The van der Waals surface area contributed by atoms with Crippen molar-refractivity contribution >= 4 is 11.9 Å². The fraction of sp³-hybridized carbons (Fsp3) is 0.500. The zero-order valence-electron chi connectivity index (χ0n) is 12.7. The van der Waals surface area contributed by atoms with E-state index in [0.29, 0.717) is 19.6 Å². The molecule has 0 bridgehead atoms. The maximum Gasteiger partial charge on any atom is 0.319 e. The molecular weight excluding hydrogens is 268 g/mol. The molecule has 0 spiro atoms. The second-order valence-corrected chi connectivity index (χ2v) is 5.37. The fourth-order valence-corrected chi connectivity index (χ4v) is 2.54. The Labute approximate surface area is 125 Å². The van der Waals surface area contributed by atoms with Gasteiger partial charge in [0.15, 0.2) is 0 Å². The molecule has 0 atom stereocenters. The van der Waals surface area contributed by atoms with E-state index in [1.165, 1.54) is 7.11 Å². The van der Waals surface area contributed by atoms with Crippen LogP contribution >= 0.6 is 0 Å². The van der Waals surface area contributed by atoms with E-state index in [1.54, 1.807) is 0 Å². The van der Waals surface area contributed by atoms with Gasteiger partial charge in [0.1, 0.15) is 0 Å². The molecule has 1 amide bonds. The summed E-state index contributed by atoms with van der Waals surface area (Å²) in [7, 11) is 1.40. The Kier molecular flexibility index (Phi) is 5.33. The summed E-state index contributed by atoms with van der Waals surface area (Å²) in [6.07, 6.45) is 0.870. The number of amides is 1. The van der Waals surface area contributed by atoms with Crippen LogP contribution in [0.15, 0.2) is 24.3 Å². The molecule has 1 fully saturated rings. The van der Waals surface area contributed by atoms with Gasteiger partial charge in [-0.3, -0.25) is 14.5 Å². The van der Waals surface area contributed by atoms with Crippen molar-refractivity contribution in [2.45, 2.75) is 13.3 Å². The average Bonchev–Trinajstić information content (AvgIpc) is 2.72. The molecule has 1 aromatic rings. The van der Waals surface area contributed by atoms with Gasteiger partial charge in [-0.15, -0.1) is 0 Å². The first kappa shape index (κ1) is 15.5. The lowest BCUT2D eigenvalue weighted by molar-refractivity contribution is -0.141. The molecule has 1 aromatic carbocycles. The van der Waals surface area contributed by atoms with Crippen LogP contribution in [0.5, 0.6) is 0 Å². The monoisotopic (exact) mass is 290 g/mol. The number of esters is 1. The summed E-state index contributed by atoms with van der Waals surface area (Å²) in [4.78, 5) is 27.7. The third kappa shape index (κ3) is 4.29. The second kappa shape index (κ2) is 7.22.